The van der Waals surface area contributed by atoms with Crippen LogP contribution in [0.25, 0.3) is 0 Å². The van der Waals surface area contributed by atoms with Gasteiger partial charge in [-0.15, -0.1) is 0 Å². The number of carbonyl (C=O) groups is 3. The molecular weight excluding hydrogens is 482 g/mol. The maximum Gasteiger partial charge on any atom is 0.246 e. The molecule has 1 heterocycles. The molecule has 2 aliphatic rings. The Morgan fingerprint density at radius 3 is 2.42 bits per heavy atom. The monoisotopic (exact) mass is 521 g/mol. The maximum absolute atomic E-state index is 13.7. The largest absolute Gasteiger partial charge is 0.347 e. The Kier molecular flexibility index (Phi) is 9.13. The van der Waals surface area contributed by atoms with E-state index in [0.29, 0.717) is 0 Å². The normalized spacial score (nSPS) is 22.4. The molecule has 0 radical (unpaired) electrons. The van der Waals surface area contributed by atoms with Gasteiger partial charge >= 0.3 is 0 Å². The summed E-state index contributed by atoms with van der Waals surface area (Å²) in [4.78, 5) is 41.3. The number of sulfonamides is 1. The van der Waals surface area contributed by atoms with Crippen molar-refractivity contribution >= 4 is 27.7 Å². The number of nitrogens with zero attached hydrogens (tertiary/aromatic N) is 2. The molecule has 0 saturated carbocycles. The van der Waals surface area contributed by atoms with Gasteiger partial charge in [0.2, 0.25) is 27.7 Å². The lowest BCUT2D eigenvalue weighted by atomic mass is 9.87. The van der Waals surface area contributed by atoms with Crippen LogP contribution >= 0.6 is 0 Å². The average Bonchev–Trinajstić information content (AvgIpc) is 2.85. The Morgan fingerprint density at radius 2 is 1.78 bits per heavy atom. The fourth-order valence-corrected chi connectivity index (χ4v) is 5.65. The van der Waals surface area contributed by atoms with Crippen molar-refractivity contribution in [2.75, 3.05) is 32.9 Å². The first-order chi connectivity index (χ1) is 16.9. The zero-order chi connectivity index (χ0) is 26.6. The van der Waals surface area contributed by atoms with Crippen LogP contribution in [-0.2, 0) is 30.8 Å². The zero-order valence-electron chi connectivity index (χ0n) is 21.8. The minimum Gasteiger partial charge on any atom is -0.347 e. The van der Waals surface area contributed by atoms with E-state index in [-0.39, 0.29) is 43.4 Å². The Morgan fingerprint density at radius 1 is 1.08 bits per heavy atom. The molecule has 1 aliphatic carbocycles. The SMILES string of the molecule is CN[C@@H](C)C(=O)N[C@H](C(=O)N1CCN(S(C)(=O)=O)C[C@H]1C(=O)NC1CCCc2ccccc21)C(C)C. The minimum absolute atomic E-state index is 0.0614. The highest BCUT2D eigenvalue weighted by Gasteiger charge is 2.42. The summed E-state index contributed by atoms with van der Waals surface area (Å²) < 4.78 is 25.9. The summed E-state index contributed by atoms with van der Waals surface area (Å²) in [6.07, 6.45) is 3.74. The van der Waals surface area contributed by atoms with Gasteiger partial charge in [0.05, 0.1) is 18.3 Å². The number of piperazine rings is 1. The minimum atomic E-state index is -3.56. The molecule has 0 aromatic heterocycles. The van der Waals surface area contributed by atoms with Gasteiger partial charge in [-0.3, -0.25) is 14.4 Å². The standard InChI is InChI=1S/C25H39N5O5S/c1-16(2)22(28-23(31)17(3)26-4)25(33)30-14-13-29(36(5,34)35)15-21(30)24(32)27-20-12-8-10-18-9-6-7-11-19(18)20/h6-7,9,11,16-17,20-22,26H,8,10,12-15H2,1-5H3,(H,27,32)(H,28,31)/t17-,20?,21-,22-/m0/s1. The maximum atomic E-state index is 13.7. The van der Waals surface area contributed by atoms with E-state index < -0.39 is 34.1 Å². The summed E-state index contributed by atoms with van der Waals surface area (Å²) in [5.74, 6) is -1.33. The van der Waals surface area contributed by atoms with Crippen molar-refractivity contribution < 1.29 is 22.8 Å². The Labute approximate surface area is 214 Å². The molecule has 1 saturated heterocycles. The predicted octanol–water partition coefficient (Wildman–Crippen LogP) is 0.401. The van der Waals surface area contributed by atoms with Gasteiger partial charge in [-0.25, -0.2) is 8.42 Å². The lowest BCUT2D eigenvalue weighted by Gasteiger charge is -2.42. The van der Waals surface area contributed by atoms with Crippen LogP contribution in [0.2, 0.25) is 0 Å². The van der Waals surface area contributed by atoms with Gasteiger partial charge in [0.25, 0.3) is 0 Å². The van der Waals surface area contributed by atoms with Gasteiger partial charge in [0.15, 0.2) is 0 Å². The predicted molar refractivity (Wildman–Crippen MR) is 137 cm³/mol. The fourth-order valence-electron chi connectivity index (χ4n) is 4.82. The van der Waals surface area contributed by atoms with Gasteiger partial charge in [-0.1, -0.05) is 38.1 Å². The number of hydrogen-bond donors (Lipinski definition) is 3. The number of nitrogens with one attached hydrogen (secondary N) is 3. The van der Waals surface area contributed by atoms with Crippen molar-refractivity contribution in [1.29, 1.82) is 0 Å². The Bertz CT molecular complexity index is 1080. The van der Waals surface area contributed by atoms with E-state index in [9.17, 15) is 22.8 Å². The van der Waals surface area contributed by atoms with Crippen LogP contribution in [0.5, 0.6) is 0 Å². The molecule has 10 nitrogen and oxygen atoms in total. The van der Waals surface area contributed by atoms with Crippen LogP contribution in [0.3, 0.4) is 0 Å². The molecule has 1 unspecified atom stereocenters. The van der Waals surface area contributed by atoms with Gasteiger partial charge in [-0.2, -0.15) is 4.31 Å². The zero-order valence-corrected chi connectivity index (χ0v) is 22.6. The second kappa shape index (κ2) is 11.7. The molecule has 1 aromatic rings. The van der Waals surface area contributed by atoms with E-state index in [4.69, 9.17) is 0 Å². The molecule has 0 spiro atoms. The molecule has 1 aliphatic heterocycles. The highest BCUT2D eigenvalue weighted by molar-refractivity contribution is 7.88. The lowest BCUT2D eigenvalue weighted by Crippen LogP contribution is -2.65. The van der Waals surface area contributed by atoms with Crippen LogP contribution in [0.4, 0.5) is 0 Å². The van der Waals surface area contributed by atoms with Gasteiger partial charge in [-0.05, 0) is 50.3 Å². The molecule has 1 fully saturated rings. The molecule has 11 heteroatoms. The van der Waals surface area contributed by atoms with Crippen molar-refractivity contribution in [3.8, 4) is 0 Å². The fraction of sp³-hybridized carbons (Fsp3) is 0.640. The molecule has 3 N–H and O–H groups in total. The number of benzene rings is 1. The van der Waals surface area contributed by atoms with Crippen LogP contribution in [0.15, 0.2) is 24.3 Å². The number of rotatable bonds is 8. The van der Waals surface area contributed by atoms with E-state index in [0.717, 1.165) is 31.1 Å². The van der Waals surface area contributed by atoms with Crippen LogP contribution < -0.4 is 16.0 Å². The highest BCUT2D eigenvalue weighted by Crippen LogP contribution is 2.30. The van der Waals surface area contributed by atoms with E-state index in [1.54, 1.807) is 14.0 Å². The average molecular weight is 522 g/mol. The first-order valence-corrected chi connectivity index (χ1v) is 14.4. The van der Waals surface area contributed by atoms with Crippen LogP contribution in [-0.4, -0.2) is 86.4 Å². The molecule has 0 bridgehead atoms. The Hall–Kier alpha value is -2.50. The topological polar surface area (TPSA) is 128 Å². The number of amides is 3. The van der Waals surface area contributed by atoms with Crippen molar-refractivity contribution in [2.24, 2.45) is 5.92 Å². The van der Waals surface area contributed by atoms with Gasteiger partial charge < -0.3 is 20.9 Å². The summed E-state index contributed by atoms with van der Waals surface area (Å²) in [5.41, 5.74) is 2.24. The second-order valence-electron chi connectivity index (χ2n) is 10.1. The highest BCUT2D eigenvalue weighted by atomic mass is 32.2. The summed E-state index contributed by atoms with van der Waals surface area (Å²) in [5, 5.41) is 8.75. The molecule has 1 aromatic carbocycles. The van der Waals surface area contributed by atoms with E-state index in [1.807, 2.05) is 32.0 Å². The molecule has 3 amide bonds. The summed E-state index contributed by atoms with van der Waals surface area (Å²) >= 11 is 0. The summed E-state index contributed by atoms with van der Waals surface area (Å²) in [6.45, 7) is 5.37. The third-order valence-electron chi connectivity index (χ3n) is 7.14. The van der Waals surface area contributed by atoms with Crippen molar-refractivity contribution in [2.45, 2.75) is 64.2 Å². The molecule has 4 atom stereocenters. The molecule has 3 rings (SSSR count). The molecular formula is C25H39N5O5S. The summed E-state index contributed by atoms with van der Waals surface area (Å²) in [6, 6.07) is 5.42. The first-order valence-electron chi connectivity index (χ1n) is 12.6. The van der Waals surface area contributed by atoms with Crippen molar-refractivity contribution in [1.82, 2.24) is 25.2 Å². The Balaban J connectivity index is 1.86. The van der Waals surface area contributed by atoms with Gasteiger partial charge in [0.1, 0.15) is 12.1 Å². The number of fused-ring (bicyclic) bond motifs is 1. The lowest BCUT2D eigenvalue weighted by molar-refractivity contribution is -0.146. The molecule has 200 valence electrons. The number of carbonyl (C=O) groups excluding carboxylic acids is 3. The van der Waals surface area contributed by atoms with Crippen molar-refractivity contribution in [3.05, 3.63) is 35.4 Å². The number of hydrogen-bond acceptors (Lipinski definition) is 6. The first kappa shape index (κ1) is 28.1. The second-order valence-corrected chi connectivity index (χ2v) is 12.0. The van der Waals surface area contributed by atoms with Crippen LogP contribution in [0, 0.1) is 5.92 Å². The van der Waals surface area contributed by atoms with E-state index in [2.05, 4.69) is 22.0 Å². The third-order valence-corrected chi connectivity index (χ3v) is 8.41. The number of aryl methyl sites for hydroxylation is 1. The van der Waals surface area contributed by atoms with E-state index >= 15 is 0 Å². The van der Waals surface area contributed by atoms with Crippen LogP contribution in [0.1, 0.15) is 50.8 Å². The third kappa shape index (κ3) is 6.43. The summed E-state index contributed by atoms with van der Waals surface area (Å²) in [7, 11) is -1.90. The quantitative estimate of drug-likeness (QED) is 0.455. The van der Waals surface area contributed by atoms with Gasteiger partial charge in [0, 0.05) is 19.6 Å². The molecule has 36 heavy (non-hydrogen) atoms. The smallest absolute Gasteiger partial charge is 0.246 e. The number of likely N-dealkylation sites (N-methyl/N-ethyl adjacent to an activating group) is 1. The van der Waals surface area contributed by atoms with Crippen molar-refractivity contribution in [3.63, 3.8) is 0 Å². The van der Waals surface area contributed by atoms with E-state index in [1.165, 1.54) is 14.8 Å².